The average Bonchev–Trinajstić information content (AvgIpc) is 2.87. The summed E-state index contributed by atoms with van der Waals surface area (Å²) in [4.78, 5) is 16.4. The van der Waals surface area contributed by atoms with Crippen LogP contribution in [0.2, 0.25) is 5.02 Å². The second-order valence-corrected chi connectivity index (χ2v) is 11.1. The lowest BCUT2D eigenvalue weighted by Gasteiger charge is -2.34. The van der Waals surface area contributed by atoms with Gasteiger partial charge in [-0.25, -0.2) is 8.42 Å². The van der Waals surface area contributed by atoms with Gasteiger partial charge in [0.15, 0.2) is 15.7 Å². The minimum absolute atomic E-state index is 0.0138. The Kier molecular flexibility index (Phi) is 7.97. The van der Waals surface area contributed by atoms with Crippen LogP contribution in [-0.2, 0) is 14.6 Å². The van der Waals surface area contributed by atoms with Gasteiger partial charge in [-0.05, 0) is 0 Å². The van der Waals surface area contributed by atoms with E-state index in [1.807, 2.05) is 65.6 Å². The Morgan fingerprint density at radius 1 is 1.00 bits per heavy atom. The molecule has 1 saturated heterocycles. The minimum Gasteiger partial charge on any atom is -0.359 e. The molecule has 1 aromatic heterocycles. The van der Waals surface area contributed by atoms with Crippen molar-refractivity contribution in [3.05, 3.63) is 76.8 Å². The number of benzene rings is 2. The van der Waals surface area contributed by atoms with Crippen LogP contribution in [-0.4, -0.2) is 84.9 Å². The fourth-order valence-corrected chi connectivity index (χ4v) is 5.28. The van der Waals surface area contributed by atoms with Gasteiger partial charge >= 0.3 is 0 Å². The van der Waals surface area contributed by atoms with Crippen LogP contribution in [0.5, 0.6) is 0 Å². The summed E-state index contributed by atoms with van der Waals surface area (Å²) >= 11 is 6.79. The molecule has 2 N–H and O–H groups in total. The van der Waals surface area contributed by atoms with Crippen LogP contribution in [0.25, 0.3) is 11.3 Å². The average molecular weight is 527 g/mol. The van der Waals surface area contributed by atoms with Crippen molar-refractivity contribution in [1.29, 1.82) is 5.41 Å². The summed E-state index contributed by atoms with van der Waals surface area (Å²) in [5.41, 5.74) is 2.40. The van der Waals surface area contributed by atoms with E-state index >= 15 is 0 Å². The molecule has 2 heterocycles. The molecule has 9 nitrogen and oxygen atoms in total. The van der Waals surface area contributed by atoms with Crippen LogP contribution in [0, 0.1) is 5.41 Å². The van der Waals surface area contributed by atoms with Crippen molar-refractivity contribution in [2.24, 2.45) is 0 Å². The number of piperazine rings is 1. The zero-order chi connectivity index (χ0) is 25.7. The highest BCUT2D eigenvalue weighted by atomic mass is 35.5. The maximum absolute atomic E-state index is 12.9. The van der Waals surface area contributed by atoms with Gasteiger partial charge in [-0.1, -0.05) is 72.3 Å². The van der Waals surface area contributed by atoms with Gasteiger partial charge in [0.2, 0.25) is 5.91 Å². The Morgan fingerprint density at radius 2 is 1.61 bits per heavy atom. The largest absolute Gasteiger partial charge is 0.359 e. The summed E-state index contributed by atoms with van der Waals surface area (Å²) in [6.07, 6.45) is 1.20. The van der Waals surface area contributed by atoms with Gasteiger partial charge in [0.1, 0.15) is 11.6 Å². The van der Waals surface area contributed by atoms with E-state index in [1.165, 1.54) is 6.26 Å². The second kappa shape index (κ2) is 11.2. The van der Waals surface area contributed by atoms with Crippen molar-refractivity contribution in [1.82, 2.24) is 20.0 Å². The van der Waals surface area contributed by atoms with E-state index in [-0.39, 0.29) is 34.9 Å². The zero-order valence-corrected chi connectivity index (χ0v) is 21.4. The van der Waals surface area contributed by atoms with E-state index in [0.29, 0.717) is 43.0 Å². The summed E-state index contributed by atoms with van der Waals surface area (Å²) in [6.45, 7) is 1.78. The number of hydrogen-bond acceptors (Lipinski definition) is 8. The van der Waals surface area contributed by atoms with Crippen LogP contribution in [0.1, 0.15) is 11.1 Å². The van der Waals surface area contributed by atoms with Crippen LogP contribution in [0.3, 0.4) is 0 Å². The highest BCUT2D eigenvalue weighted by Crippen LogP contribution is 2.33. The predicted octanol–water partition coefficient (Wildman–Crippen LogP) is 2.77. The summed E-state index contributed by atoms with van der Waals surface area (Å²) in [7, 11) is -3.11. The van der Waals surface area contributed by atoms with Crippen LogP contribution < -0.4 is 5.32 Å². The molecule has 188 valence electrons. The highest BCUT2D eigenvalue weighted by molar-refractivity contribution is 7.90. The molecule has 0 saturated carbocycles. The fraction of sp³-hybridized carbons (Fsp3) is 0.280. The fourth-order valence-electron chi connectivity index (χ4n) is 4.03. The number of amides is 1. The van der Waals surface area contributed by atoms with Crippen molar-refractivity contribution in [2.75, 3.05) is 50.2 Å². The number of hydrogen-bond donors (Lipinski definition) is 2. The van der Waals surface area contributed by atoms with Gasteiger partial charge < -0.3 is 10.2 Å². The van der Waals surface area contributed by atoms with E-state index in [1.54, 1.807) is 4.90 Å². The molecule has 0 atom stereocenters. The number of aromatic nitrogens is 2. The quantitative estimate of drug-likeness (QED) is 0.433. The summed E-state index contributed by atoms with van der Waals surface area (Å²) in [5.74, 6) is 0.0777. The Balaban J connectivity index is 1.54. The third kappa shape index (κ3) is 6.26. The van der Waals surface area contributed by atoms with E-state index in [2.05, 4.69) is 15.5 Å². The SMILES string of the molecule is CS(=O)(=O)CN1CCN(C(=O)CNc2nnc(-c3ccccc3)c(Cl)c2C(=N)c2ccccc2)CC1. The number of halogens is 1. The minimum atomic E-state index is -3.11. The van der Waals surface area contributed by atoms with Crippen LogP contribution in [0.15, 0.2) is 60.7 Å². The third-order valence-corrected chi connectivity index (χ3v) is 7.03. The Labute approximate surface area is 215 Å². The third-order valence-electron chi connectivity index (χ3n) is 5.82. The molecule has 0 aliphatic carbocycles. The maximum atomic E-state index is 12.9. The Morgan fingerprint density at radius 3 is 2.22 bits per heavy atom. The van der Waals surface area contributed by atoms with Gasteiger partial charge in [-0.3, -0.25) is 15.1 Å². The Hall–Kier alpha value is -3.34. The topological polar surface area (TPSA) is 119 Å². The number of anilines is 1. The molecule has 2 aromatic carbocycles. The van der Waals surface area contributed by atoms with Crippen LogP contribution in [0.4, 0.5) is 5.82 Å². The summed E-state index contributed by atoms with van der Waals surface area (Å²) in [5, 5.41) is 20.7. The van der Waals surface area contributed by atoms with Crippen molar-refractivity contribution in [2.45, 2.75) is 0 Å². The van der Waals surface area contributed by atoms with Crippen LogP contribution >= 0.6 is 11.6 Å². The molecule has 36 heavy (non-hydrogen) atoms. The normalized spacial score (nSPS) is 14.4. The molecular weight excluding hydrogens is 500 g/mol. The van der Waals surface area contributed by atoms with E-state index in [0.717, 1.165) is 5.56 Å². The lowest BCUT2D eigenvalue weighted by atomic mass is 10.0. The molecule has 3 aromatic rings. The second-order valence-electron chi connectivity index (χ2n) is 8.60. The van der Waals surface area contributed by atoms with Gasteiger partial charge in [0.25, 0.3) is 0 Å². The molecule has 0 spiro atoms. The molecule has 11 heteroatoms. The molecule has 0 unspecified atom stereocenters. The van der Waals surface area contributed by atoms with Gasteiger partial charge in [-0.15, -0.1) is 10.2 Å². The first kappa shape index (κ1) is 25.7. The molecule has 1 fully saturated rings. The molecule has 1 aliphatic rings. The summed E-state index contributed by atoms with van der Waals surface area (Å²) < 4.78 is 23.1. The van der Waals surface area contributed by atoms with Crippen molar-refractivity contribution in [3.8, 4) is 11.3 Å². The number of rotatable bonds is 8. The highest BCUT2D eigenvalue weighted by Gasteiger charge is 2.25. The van der Waals surface area contributed by atoms with Crippen molar-refractivity contribution in [3.63, 3.8) is 0 Å². The van der Waals surface area contributed by atoms with Gasteiger partial charge in [-0.2, -0.15) is 0 Å². The molecule has 1 amide bonds. The smallest absolute Gasteiger partial charge is 0.242 e. The number of sulfone groups is 1. The number of nitrogens with one attached hydrogen (secondary N) is 2. The number of carbonyl (C=O) groups excluding carboxylic acids is 1. The lowest BCUT2D eigenvalue weighted by Crippen LogP contribution is -2.51. The molecule has 1 aliphatic heterocycles. The first-order valence-corrected chi connectivity index (χ1v) is 13.8. The van der Waals surface area contributed by atoms with E-state index < -0.39 is 9.84 Å². The first-order valence-electron chi connectivity index (χ1n) is 11.4. The Bertz CT molecular complexity index is 1340. The summed E-state index contributed by atoms with van der Waals surface area (Å²) in [6, 6.07) is 18.5. The number of carbonyl (C=O) groups is 1. The zero-order valence-electron chi connectivity index (χ0n) is 19.8. The van der Waals surface area contributed by atoms with E-state index in [9.17, 15) is 13.2 Å². The standard InChI is InChI=1S/C25H27ClN6O3S/c1-36(34,35)17-31-12-14-32(15-13-31)20(33)16-28-25-21(23(27)18-8-4-2-5-9-18)22(26)24(29-30-25)19-10-6-3-7-11-19/h2-11,27H,12-17H2,1H3,(H,28,30). The van der Waals surface area contributed by atoms with Crippen molar-refractivity contribution >= 4 is 38.9 Å². The maximum Gasteiger partial charge on any atom is 0.242 e. The van der Waals surface area contributed by atoms with Gasteiger partial charge in [0, 0.05) is 43.6 Å². The van der Waals surface area contributed by atoms with E-state index in [4.69, 9.17) is 17.0 Å². The molecule has 0 bridgehead atoms. The predicted molar refractivity (Wildman–Crippen MR) is 141 cm³/mol. The van der Waals surface area contributed by atoms with Crippen molar-refractivity contribution < 1.29 is 13.2 Å². The monoisotopic (exact) mass is 526 g/mol. The molecule has 0 radical (unpaired) electrons. The molecule has 4 rings (SSSR count). The lowest BCUT2D eigenvalue weighted by molar-refractivity contribution is -0.130. The molecular formula is C25H27ClN6O3S. The first-order chi connectivity index (χ1) is 17.2. The van der Waals surface area contributed by atoms with Gasteiger partial charge in [0.05, 0.1) is 22.8 Å². The number of nitrogens with zero attached hydrogens (tertiary/aromatic N) is 4.